The predicted octanol–water partition coefficient (Wildman–Crippen LogP) is 5.30. The molecule has 0 amide bonds. The molecule has 3 N–H and O–H groups in total. The summed E-state index contributed by atoms with van der Waals surface area (Å²) >= 11 is 0. The van der Waals surface area contributed by atoms with Crippen LogP contribution >= 0.6 is 0 Å². The van der Waals surface area contributed by atoms with Gasteiger partial charge in [0.1, 0.15) is 17.8 Å². The third kappa shape index (κ3) is 3.17. The van der Waals surface area contributed by atoms with Crippen LogP contribution in [0.2, 0.25) is 0 Å². The van der Waals surface area contributed by atoms with E-state index in [9.17, 15) is 0 Å². The lowest BCUT2D eigenvalue weighted by molar-refractivity contribution is 0.470. The Balaban J connectivity index is 1.52. The van der Waals surface area contributed by atoms with Crippen molar-refractivity contribution in [3.8, 4) is 11.6 Å². The van der Waals surface area contributed by atoms with E-state index >= 15 is 0 Å². The zero-order chi connectivity index (χ0) is 19.6. The number of nitrogens with one attached hydrogen (secondary N) is 1. The molecule has 2 aromatic heterocycles. The van der Waals surface area contributed by atoms with Crippen LogP contribution in [0.4, 0.5) is 17.2 Å². The molecule has 0 aliphatic rings. The molecule has 0 atom stereocenters. The Morgan fingerprint density at radius 2 is 1.59 bits per heavy atom. The van der Waals surface area contributed by atoms with Crippen LogP contribution in [0.3, 0.4) is 0 Å². The SMILES string of the molecule is Nc1c(Nc2cccc3ncccc23)ncnc1Oc1cccc2ccccc12. The zero-order valence-electron chi connectivity index (χ0n) is 15.4. The number of pyridine rings is 1. The number of anilines is 3. The lowest BCUT2D eigenvalue weighted by Crippen LogP contribution is -2.03. The van der Waals surface area contributed by atoms with Crippen molar-refractivity contribution >= 4 is 38.9 Å². The Hall–Kier alpha value is -4.19. The molecule has 5 aromatic rings. The second kappa shape index (κ2) is 7.09. The van der Waals surface area contributed by atoms with Crippen molar-refractivity contribution in [1.29, 1.82) is 0 Å². The summed E-state index contributed by atoms with van der Waals surface area (Å²) in [6.07, 6.45) is 3.20. The predicted molar refractivity (Wildman–Crippen MR) is 115 cm³/mol. The van der Waals surface area contributed by atoms with Crippen LogP contribution in [-0.2, 0) is 0 Å². The molecule has 0 spiro atoms. The average molecular weight is 379 g/mol. The molecule has 0 radical (unpaired) electrons. The van der Waals surface area contributed by atoms with Crippen LogP contribution in [0.25, 0.3) is 21.7 Å². The first-order valence-corrected chi connectivity index (χ1v) is 9.16. The number of nitrogen functional groups attached to an aromatic ring is 1. The second-order valence-electron chi connectivity index (χ2n) is 6.52. The van der Waals surface area contributed by atoms with E-state index in [0.29, 0.717) is 23.1 Å². The van der Waals surface area contributed by atoms with Crippen LogP contribution in [0.5, 0.6) is 11.6 Å². The summed E-state index contributed by atoms with van der Waals surface area (Å²) in [5, 5.41) is 6.33. The van der Waals surface area contributed by atoms with E-state index in [2.05, 4.69) is 20.3 Å². The molecule has 0 bridgehead atoms. The van der Waals surface area contributed by atoms with Crippen molar-refractivity contribution in [1.82, 2.24) is 15.0 Å². The minimum absolute atomic E-state index is 0.303. The van der Waals surface area contributed by atoms with E-state index in [1.54, 1.807) is 6.20 Å². The number of fused-ring (bicyclic) bond motifs is 2. The van der Waals surface area contributed by atoms with Gasteiger partial charge in [-0.3, -0.25) is 4.98 Å². The molecule has 0 aliphatic carbocycles. The maximum atomic E-state index is 6.34. The maximum absolute atomic E-state index is 6.34. The summed E-state index contributed by atoms with van der Waals surface area (Å²) in [4.78, 5) is 12.9. The lowest BCUT2D eigenvalue weighted by atomic mass is 10.1. The number of hydrogen-bond donors (Lipinski definition) is 2. The molecule has 6 nitrogen and oxygen atoms in total. The van der Waals surface area contributed by atoms with Gasteiger partial charge in [-0.1, -0.05) is 42.5 Å². The molecule has 2 heterocycles. The molecule has 29 heavy (non-hydrogen) atoms. The fraction of sp³-hybridized carbons (Fsp3) is 0. The largest absolute Gasteiger partial charge is 0.436 e. The molecule has 140 valence electrons. The molecular weight excluding hydrogens is 362 g/mol. The van der Waals surface area contributed by atoms with Crippen LogP contribution in [-0.4, -0.2) is 15.0 Å². The van der Waals surface area contributed by atoms with Gasteiger partial charge in [-0.15, -0.1) is 0 Å². The van der Waals surface area contributed by atoms with Crippen molar-refractivity contribution < 1.29 is 4.74 Å². The molecule has 0 aliphatic heterocycles. The standard InChI is InChI=1S/C23H17N5O/c24-21-22(28-19-11-4-10-18-17(19)9-5-13-25-18)26-14-27-23(21)29-20-12-3-7-15-6-1-2-8-16(15)20/h1-14H,24H2,(H,26,27,28). The Bertz CT molecular complexity index is 1230. The Labute approximate surface area is 167 Å². The van der Waals surface area contributed by atoms with Crippen molar-refractivity contribution in [2.75, 3.05) is 11.1 Å². The van der Waals surface area contributed by atoms with Gasteiger partial charge in [0, 0.05) is 22.7 Å². The fourth-order valence-electron chi connectivity index (χ4n) is 3.29. The van der Waals surface area contributed by atoms with Crippen molar-refractivity contribution in [3.63, 3.8) is 0 Å². The number of nitrogens with zero attached hydrogens (tertiary/aromatic N) is 3. The Morgan fingerprint density at radius 1 is 0.759 bits per heavy atom. The normalized spacial score (nSPS) is 10.9. The number of hydrogen-bond acceptors (Lipinski definition) is 6. The van der Waals surface area contributed by atoms with E-state index in [0.717, 1.165) is 27.4 Å². The molecule has 0 unspecified atom stereocenters. The van der Waals surface area contributed by atoms with E-state index in [-0.39, 0.29) is 0 Å². The highest BCUT2D eigenvalue weighted by Crippen LogP contribution is 2.35. The van der Waals surface area contributed by atoms with Gasteiger partial charge < -0.3 is 15.8 Å². The highest BCUT2D eigenvalue weighted by atomic mass is 16.5. The van der Waals surface area contributed by atoms with E-state index in [1.807, 2.05) is 72.8 Å². The smallest absolute Gasteiger partial charge is 0.248 e. The minimum Gasteiger partial charge on any atom is -0.436 e. The summed E-state index contributed by atoms with van der Waals surface area (Å²) in [5.41, 5.74) is 8.42. The first-order chi connectivity index (χ1) is 14.3. The van der Waals surface area contributed by atoms with Gasteiger partial charge in [-0.2, -0.15) is 4.98 Å². The summed E-state index contributed by atoms with van der Waals surface area (Å²) in [6.45, 7) is 0. The van der Waals surface area contributed by atoms with Gasteiger partial charge in [0.2, 0.25) is 5.88 Å². The molecule has 0 saturated carbocycles. The third-order valence-corrected chi connectivity index (χ3v) is 4.70. The number of benzene rings is 3. The second-order valence-corrected chi connectivity index (χ2v) is 6.52. The minimum atomic E-state index is 0.303. The molecule has 3 aromatic carbocycles. The Morgan fingerprint density at radius 3 is 2.55 bits per heavy atom. The van der Waals surface area contributed by atoms with E-state index in [1.165, 1.54) is 6.33 Å². The van der Waals surface area contributed by atoms with Crippen LogP contribution < -0.4 is 15.8 Å². The fourth-order valence-corrected chi connectivity index (χ4v) is 3.29. The highest BCUT2D eigenvalue weighted by Gasteiger charge is 2.13. The first-order valence-electron chi connectivity index (χ1n) is 9.16. The molecule has 0 fully saturated rings. The summed E-state index contributed by atoms with van der Waals surface area (Å²) in [6, 6.07) is 23.6. The quantitative estimate of drug-likeness (QED) is 0.441. The first kappa shape index (κ1) is 16.9. The molecule has 6 heteroatoms. The number of ether oxygens (including phenoxy) is 1. The van der Waals surface area contributed by atoms with Gasteiger partial charge in [0.25, 0.3) is 0 Å². The lowest BCUT2D eigenvalue weighted by Gasteiger charge is -2.14. The topological polar surface area (TPSA) is 86.0 Å². The van der Waals surface area contributed by atoms with Gasteiger partial charge in [-0.05, 0) is 35.7 Å². The van der Waals surface area contributed by atoms with Gasteiger partial charge >= 0.3 is 0 Å². The van der Waals surface area contributed by atoms with Crippen LogP contribution in [0.1, 0.15) is 0 Å². The summed E-state index contributed by atoms with van der Waals surface area (Å²) < 4.78 is 6.06. The Kier molecular flexibility index (Phi) is 4.14. The van der Waals surface area contributed by atoms with E-state index in [4.69, 9.17) is 10.5 Å². The van der Waals surface area contributed by atoms with Gasteiger partial charge in [-0.25, -0.2) is 4.98 Å². The third-order valence-electron chi connectivity index (χ3n) is 4.70. The molecular formula is C23H17N5O. The van der Waals surface area contributed by atoms with Crippen LogP contribution in [0.15, 0.2) is 85.3 Å². The van der Waals surface area contributed by atoms with Crippen molar-refractivity contribution in [3.05, 3.63) is 85.3 Å². The summed E-state index contributed by atoms with van der Waals surface area (Å²) in [7, 11) is 0. The number of rotatable bonds is 4. The zero-order valence-corrected chi connectivity index (χ0v) is 15.4. The maximum Gasteiger partial charge on any atom is 0.248 e. The molecule has 0 saturated heterocycles. The average Bonchev–Trinajstić information content (AvgIpc) is 2.77. The van der Waals surface area contributed by atoms with Gasteiger partial charge in [0.15, 0.2) is 5.82 Å². The highest BCUT2D eigenvalue weighted by molar-refractivity contribution is 5.94. The van der Waals surface area contributed by atoms with E-state index < -0.39 is 0 Å². The molecule has 5 rings (SSSR count). The van der Waals surface area contributed by atoms with Crippen LogP contribution in [0, 0.1) is 0 Å². The summed E-state index contributed by atoms with van der Waals surface area (Å²) in [5.74, 6) is 1.47. The van der Waals surface area contributed by atoms with Gasteiger partial charge in [0.05, 0.1) is 5.52 Å². The number of aromatic nitrogens is 3. The van der Waals surface area contributed by atoms with Crippen molar-refractivity contribution in [2.45, 2.75) is 0 Å². The monoisotopic (exact) mass is 379 g/mol. The van der Waals surface area contributed by atoms with Crippen molar-refractivity contribution in [2.24, 2.45) is 0 Å². The number of nitrogens with two attached hydrogens (primary N) is 1.